The highest BCUT2D eigenvalue weighted by molar-refractivity contribution is 6.37. The quantitative estimate of drug-likeness (QED) is 0.332. The second-order valence-electron chi connectivity index (χ2n) is 7.47. The lowest BCUT2D eigenvalue weighted by Crippen LogP contribution is -2.03. The van der Waals surface area contributed by atoms with Crippen molar-refractivity contribution in [2.24, 2.45) is 5.16 Å². The zero-order chi connectivity index (χ0) is 22.6. The van der Waals surface area contributed by atoms with Crippen molar-refractivity contribution < 1.29 is 14.1 Å². The molecule has 0 saturated heterocycles. The maximum absolute atomic E-state index is 6.28. The summed E-state index contributed by atoms with van der Waals surface area (Å²) in [6, 6.07) is 16.9. The largest absolute Gasteiger partial charge is 0.489 e. The summed E-state index contributed by atoms with van der Waals surface area (Å²) in [5, 5.41) is 9.31. The highest BCUT2D eigenvalue weighted by atomic mass is 35.5. The number of benzene rings is 2. The van der Waals surface area contributed by atoms with Crippen molar-refractivity contribution in [2.75, 3.05) is 0 Å². The first-order valence-electron chi connectivity index (χ1n) is 10.3. The third-order valence-corrected chi connectivity index (χ3v) is 5.66. The van der Waals surface area contributed by atoms with Gasteiger partial charge in [-0.2, -0.15) is 4.98 Å². The zero-order valence-electron chi connectivity index (χ0n) is 17.3. The van der Waals surface area contributed by atoms with E-state index in [4.69, 9.17) is 37.3 Å². The van der Waals surface area contributed by atoms with Gasteiger partial charge in [0.25, 0.3) is 5.89 Å². The minimum atomic E-state index is -0.447. The van der Waals surface area contributed by atoms with Crippen LogP contribution in [0.15, 0.2) is 76.7 Å². The van der Waals surface area contributed by atoms with Gasteiger partial charge in [-0.3, -0.25) is 4.98 Å². The monoisotopic (exact) mass is 480 g/mol. The van der Waals surface area contributed by atoms with Gasteiger partial charge >= 0.3 is 0 Å². The van der Waals surface area contributed by atoms with Crippen LogP contribution >= 0.6 is 23.2 Å². The number of hydrogen-bond donors (Lipinski definition) is 0. The van der Waals surface area contributed by atoms with Gasteiger partial charge in [-0.15, -0.1) is 0 Å². The molecule has 5 rings (SSSR count). The van der Waals surface area contributed by atoms with Gasteiger partial charge in [0.1, 0.15) is 12.4 Å². The molecular formula is C24H18Cl2N4O3. The Morgan fingerprint density at radius 3 is 2.58 bits per heavy atom. The normalized spacial score (nSPS) is 15.2. The molecule has 1 aliphatic rings. The van der Waals surface area contributed by atoms with Crippen LogP contribution in [0.1, 0.15) is 40.9 Å². The molecule has 7 nitrogen and oxygen atoms in total. The van der Waals surface area contributed by atoms with Crippen molar-refractivity contribution in [1.82, 2.24) is 15.1 Å². The van der Waals surface area contributed by atoms with Crippen LogP contribution in [0.3, 0.4) is 0 Å². The average molecular weight is 481 g/mol. The van der Waals surface area contributed by atoms with Gasteiger partial charge < -0.3 is 14.1 Å². The average Bonchev–Trinajstić information content (AvgIpc) is 3.49. The molecule has 9 heteroatoms. The van der Waals surface area contributed by atoms with Crippen molar-refractivity contribution in [3.63, 3.8) is 0 Å². The Morgan fingerprint density at radius 2 is 1.79 bits per heavy atom. The van der Waals surface area contributed by atoms with Crippen LogP contribution < -0.4 is 4.74 Å². The summed E-state index contributed by atoms with van der Waals surface area (Å²) in [6.07, 6.45) is 4.05. The third kappa shape index (κ3) is 5.16. The Bertz CT molecular complexity index is 1280. The molecule has 2 aromatic heterocycles. The molecule has 0 saturated carbocycles. The van der Waals surface area contributed by atoms with E-state index in [-0.39, 0.29) is 0 Å². The molecule has 1 atom stereocenters. The number of oxime groups is 1. The predicted molar refractivity (Wildman–Crippen MR) is 124 cm³/mol. The second kappa shape index (κ2) is 9.60. The fourth-order valence-electron chi connectivity index (χ4n) is 3.39. The number of halogens is 2. The van der Waals surface area contributed by atoms with E-state index in [1.54, 1.807) is 24.5 Å². The lowest BCUT2D eigenvalue weighted by molar-refractivity contribution is 0.0599. The van der Waals surface area contributed by atoms with E-state index in [0.717, 1.165) is 22.4 Å². The second-order valence-corrected chi connectivity index (χ2v) is 8.32. The minimum Gasteiger partial charge on any atom is -0.489 e. The standard InChI is InChI=1S/C24H18Cl2N4O3/c25-17-3-6-19(20(26)12-17)21-13-22(32-29-21)24-28-23(30-33-24)11-15-1-4-18(5-2-15)31-14-16-7-9-27-10-8-16/h1-10,12,22H,11,13-14H2. The van der Waals surface area contributed by atoms with Crippen LogP contribution in [0, 0.1) is 0 Å². The van der Waals surface area contributed by atoms with Crippen molar-refractivity contribution in [3.05, 3.63) is 105 Å². The first-order valence-corrected chi connectivity index (χ1v) is 11.0. The fraction of sp³-hybridized carbons (Fsp3) is 0.167. The highest BCUT2D eigenvalue weighted by Gasteiger charge is 2.30. The molecule has 2 aromatic carbocycles. The Kier molecular flexibility index (Phi) is 6.24. The summed E-state index contributed by atoms with van der Waals surface area (Å²) < 4.78 is 11.2. The first kappa shape index (κ1) is 21.4. The van der Waals surface area contributed by atoms with E-state index in [9.17, 15) is 0 Å². The molecule has 33 heavy (non-hydrogen) atoms. The van der Waals surface area contributed by atoms with Gasteiger partial charge in [0.05, 0.1) is 10.7 Å². The van der Waals surface area contributed by atoms with Gasteiger partial charge in [-0.25, -0.2) is 0 Å². The number of pyridine rings is 1. The molecule has 0 spiro atoms. The molecule has 0 fully saturated rings. The third-order valence-electron chi connectivity index (χ3n) is 5.11. The van der Waals surface area contributed by atoms with Crippen molar-refractivity contribution in [3.8, 4) is 5.75 Å². The maximum Gasteiger partial charge on any atom is 0.270 e. The number of rotatable bonds is 7. The minimum absolute atomic E-state index is 0.381. The van der Waals surface area contributed by atoms with Crippen LogP contribution in [0.25, 0.3) is 0 Å². The smallest absolute Gasteiger partial charge is 0.270 e. The molecule has 0 amide bonds. The molecular weight excluding hydrogens is 463 g/mol. The number of ether oxygens (including phenoxy) is 1. The summed E-state index contributed by atoms with van der Waals surface area (Å²) in [6.45, 7) is 0.489. The van der Waals surface area contributed by atoms with Gasteiger partial charge in [0.2, 0.25) is 6.10 Å². The summed E-state index contributed by atoms with van der Waals surface area (Å²) in [4.78, 5) is 14.0. The van der Waals surface area contributed by atoms with Crippen molar-refractivity contribution in [1.29, 1.82) is 0 Å². The van der Waals surface area contributed by atoms with E-state index >= 15 is 0 Å². The maximum atomic E-state index is 6.28. The molecule has 166 valence electrons. The Hall–Kier alpha value is -3.42. The number of hydrogen-bond acceptors (Lipinski definition) is 7. The number of nitrogens with zero attached hydrogens (tertiary/aromatic N) is 4. The molecule has 0 bridgehead atoms. The molecule has 0 aliphatic carbocycles. The summed E-state index contributed by atoms with van der Waals surface area (Å²) in [7, 11) is 0. The van der Waals surface area contributed by atoms with E-state index in [0.29, 0.717) is 46.9 Å². The lowest BCUT2D eigenvalue weighted by Gasteiger charge is -2.06. The van der Waals surface area contributed by atoms with Gasteiger partial charge in [-0.1, -0.05) is 51.7 Å². The van der Waals surface area contributed by atoms with Crippen LogP contribution in [0.4, 0.5) is 0 Å². The van der Waals surface area contributed by atoms with Crippen LogP contribution in [-0.4, -0.2) is 20.8 Å². The topological polar surface area (TPSA) is 82.6 Å². The Morgan fingerprint density at radius 1 is 0.970 bits per heavy atom. The van der Waals surface area contributed by atoms with E-state index in [1.165, 1.54) is 0 Å². The van der Waals surface area contributed by atoms with Gasteiger partial charge in [-0.05, 0) is 47.5 Å². The van der Waals surface area contributed by atoms with Crippen molar-refractivity contribution in [2.45, 2.75) is 25.6 Å². The number of aromatic nitrogens is 3. The molecule has 0 radical (unpaired) electrons. The van der Waals surface area contributed by atoms with E-state index in [2.05, 4.69) is 20.3 Å². The molecule has 0 N–H and O–H groups in total. The van der Waals surface area contributed by atoms with Gasteiger partial charge in [0.15, 0.2) is 5.82 Å². The van der Waals surface area contributed by atoms with Crippen LogP contribution in [0.2, 0.25) is 10.0 Å². The Labute approximate surface area is 200 Å². The zero-order valence-corrected chi connectivity index (χ0v) is 18.8. The van der Waals surface area contributed by atoms with E-state index < -0.39 is 6.10 Å². The first-order chi connectivity index (χ1) is 16.1. The summed E-state index contributed by atoms with van der Waals surface area (Å²) in [5.74, 6) is 1.73. The Balaban J connectivity index is 1.17. The molecule has 4 aromatic rings. The summed E-state index contributed by atoms with van der Waals surface area (Å²) >= 11 is 12.2. The van der Waals surface area contributed by atoms with Crippen molar-refractivity contribution >= 4 is 28.9 Å². The summed E-state index contributed by atoms with van der Waals surface area (Å²) in [5.41, 5.74) is 3.59. The highest BCUT2D eigenvalue weighted by Crippen LogP contribution is 2.32. The van der Waals surface area contributed by atoms with Gasteiger partial charge in [0, 0.05) is 35.8 Å². The van der Waals surface area contributed by atoms with Crippen LogP contribution in [0.5, 0.6) is 5.75 Å². The SMILES string of the molecule is Clc1ccc(C2=NOC(c3nc(Cc4ccc(OCc5ccncc5)cc4)no3)C2)c(Cl)c1. The molecule has 1 unspecified atom stereocenters. The van der Waals surface area contributed by atoms with E-state index in [1.807, 2.05) is 42.5 Å². The predicted octanol–water partition coefficient (Wildman–Crippen LogP) is 5.81. The molecule has 1 aliphatic heterocycles. The van der Waals surface area contributed by atoms with Crippen LogP contribution in [-0.2, 0) is 17.9 Å². The molecule has 3 heterocycles. The fourth-order valence-corrected chi connectivity index (χ4v) is 3.91. The lowest BCUT2D eigenvalue weighted by atomic mass is 10.0.